The number of fused-ring (bicyclic) bond motifs is 3. The SMILES string of the molecule is COc1ccc(C2OCC3=C4C=C5C(=O)CC[C@@]5(C)CC[C@]4(C)CC[C@@H]3O2)cc1. The predicted octanol–water partition coefficient (Wildman–Crippen LogP) is 5.30. The number of carbonyl (C=O) groups is 1. The fourth-order valence-corrected chi connectivity index (χ4v) is 5.66. The highest BCUT2D eigenvalue weighted by Gasteiger charge is 2.48. The number of carbonyl (C=O) groups excluding carboxylic acids is 1. The average Bonchev–Trinajstić information content (AvgIpc) is 2.95. The van der Waals surface area contributed by atoms with Crippen LogP contribution in [0.3, 0.4) is 0 Å². The van der Waals surface area contributed by atoms with Crippen LogP contribution in [0.1, 0.15) is 64.2 Å². The van der Waals surface area contributed by atoms with Gasteiger partial charge in [-0.2, -0.15) is 0 Å². The van der Waals surface area contributed by atoms with E-state index in [2.05, 4.69) is 19.9 Å². The van der Waals surface area contributed by atoms with Crippen molar-refractivity contribution in [2.24, 2.45) is 10.8 Å². The lowest BCUT2D eigenvalue weighted by Gasteiger charge is -2.44. The summed E-state index contributed by atoms with van der Waals surface area (Å²) in [6, 6.07) is 7.89. The number of Topliss-reactive ketones (excluding diaryl/α,β-unsaturated/α-hetero) is 1. The van der Waals surface area contributed by atoms with Crippen LogP contribution in [-0.4, -0.2) is 25.6 Å². The smallest absolute Gasteiger partial charge is 0.184 e. The molecule has 0 bridgehead atoms. The van der Waals surface area contributed by atoms with Gasteiger partial charge in [-0.25, -0.2) is 0 Å². The largest absolute Gasteiger partial charge is 0.497 e. The molecule has 29 heavy (non-hydrogen) atoms. The van der Waals surface area contributed by atoms with Crippen molar-refractivity contribution in [3.8, 4) is 5.75 Å². The third kappa shape index (κ3) is 3.08. The maximum atomic E-state index is 12.6. The molecule has 1 aromatic carbocycles. The lowest BCUT2D eigenvalue weighted by Crippen LogP contribution is -2.38. The van der Waals surface area contributed by atoms with Crippen molar-refractivity contribution in [1.29, 1.82) is 0 Å². The summed E-state index contributed by atoms with van der Waals surface area (Å²) < 4.78 is 17.8. The molecule has 1 saturated carbocycles. The predicted molar refractivity (Wildman–Crippen MR) is 111 cm³/mol. The summed E-state index contributed by atoms with van der Waals surface area (Å²) in [6.45, 7) is 5.22. The molecule has 1 saturated heterocycles. The van der Waals surface area contributed by atoms with E-state index >= 15 is 0 Å². The Morgan fingerprint density at radius 1 is 1.03 bits per heavy atom. The molecule has 0 spiro atoms. The zero-order valence-corrected chi connectivity index (χ0v) is 17.6. The molecule has 1 aliphatic heterocycles. The van der Waals surface area contributed by atoms with Crippen molar-refractivity contribution < 1.29 is 19.0 Å². The maximum Gasteiger partial charge on any atom is 0.184 e. The standard InChI is InChI=1S/C25H30O4/c1-24-11-9-22-18(15-28-23(29-22)16-4-6-17(27-3)7-5-16)19(24)14-20-21(26)8-10-25(20,2)13-12-24/h4-7,14,22-23H,8-13,15H2,1-3H3/t22-,23?,24-,25-/m0/s1. The van der Waals surface area contributed by atoms with Crippen molar-refractivity contribution in [2.75, 3.05) is 13.7 Å². The highest BCUT2D eigenvalue weighted by atomic mass is 16.7. The first kappa shape index (κ1) is 19.1. The van der Waals surface area contributed by atoms with E-state index in [4.69, 9.17) is 14.2 Å². The van der Waals surface area contributed by atoms with Gasteiger partial charge in [0.05, 0.1) is 19.8 Å². The molecule has 0 aromatic heterocycles. The zero-order valence-electron chi connectivity index (χ0n) is 17.6. The molecule has 1 aromatic rings. The van der Waals surface area contributed by atoms with Crippen molar-refractivity contribution in [1.82, 2.24) is 0 Å². The molecule has 0 amide bonds. The first-order valence-electron chi connectivity index (χ1n) is 10.8. The van der Waals surface area contributed by atoms with E-state index in [-0.39, 0.29) is 23.2 Å². The van der Waals surface area contributed by atoms with E-state index in [1.165, 1.54) is 11.1 Å². The van der Waals surface area contributed by atoms with Crippen molar-refractivity contribution in [2.45, 2.75) is 64.8 Å². The number of hydrogen-bond donors (Lipinski definition) is 0. The molecule has 0 radical (unpaired) electrons. The van der Waals surface area contributed by atoms with E-state index < -0.39 is 0 Å². The van der Waals surface area contributed by atoms with Crippen molar-refractivity contribution in [3.63, 3.8) is 0 Å². The molecule has 154 valence electrons. The van der Waals surface area contributed by atoms with E-state index in [0.717, 1.165) is 49.0 Å². The van der Waals surface area contributed by atoms with E-state index in [9.17, 15) is 4.79 Å². The highest BCUT2D eigenvalue weighted by Crippen LogP contribution is 2.56. The summed E-state index contributed by atoms with van der Waals surface area (Å²) in [4.78, 5) is 12.6. The first-order valence-corrected chi connectivity index (χ1v) is 10.8. The van der Waals surface area contributed by atoms with Gasteiger partial charge >= 0.3 is 0 Å². The molecule has 3 aliphatic carbocycles. The van der Waals surface area contributed by atoms with Gasteiger partial charge in [0.2, 0.25) is 0 Å². The Labute approximate surface area is 172 Å². The Balaban J connectivity index is 1.48. The molecule has 2 fully saturated rings. The van der Waals surface area contributed by atoms with Gasteiger partial charge in [0.1, 0.15) is 5.75 Å². The Morgan fingerprint density at radius 2 is 1.79 bits per heavy atom. The summed E-state index contributed by atoms with van der Waals surface area (Å²) in [5.41, 5.74) is 4.78. The Hall–Kier alpha value is -1.91. The minimum Gasteiger partial charge on any atom is -0.497 e. The minimum absolute atomic E-state index is 0.0441. The van der Waals surface area contributed by atoms with Gasteiger partial charge in [0.15, 0.2) is 12.1 Å². The van der Waals surface area contributed by atoms with Gasteiger partial charge in [-0.3, -0.25) is 4.79 Å². The lowest BCUT2D eigenvalue weighted by atomic mass is 9.67. The number of ether oxygens (including phenoxy) is 3. The summed E-state index contributed by atoms with van der Waals surface area (Å²) in [5.74, 6) is 1.16. The van der Waals surface area contributed by atoms with Gasteiger partial charge in [-0.15, -0.1) is 0 Å². The van der Waals surface area contributed by atoms with Crippen LogP contribution in [0.25, 0.3) is 0 Å². The van der Waals surface area contributed by atoms with Gasteiger partial charge < -0.3 is 14.2 Å². The summed E-state index contributed by atoms with van der Waals surface area (Å²) in [6.07, 6.45) is 7.98. The van der Waals surface area contributed by atoms with Crippen molar-refractivity contribution in [3.05, 3.63) is 52.6 Å². The van der Waals surface area contributed by atoms with Crippen LogP contribution in [0.4, 0.5) is 0 Å². The van der Waals surface area contributed by atoms with Crippen LogP contribution in [-0.2, 0) is 14.3 Å². The topological polar surface area (TPSA) is 44.8 Å². The third-order valence-corrected chi connectivity index (χ3v) is 7.78. The second-order valence-electron chi connectivity index (χ2n) is 9.62. The fraction of sp³-hybridized carbons (Fsp3) is 0.560. The number of methoxy groups -OCH3 is 1. The summed E-state index contributed by atoms with van der Waals surface area (Å²) in [7, 11) is 1.67. The average molecular weight is 395 g/mol. The monoisotopic (exact) mass is 394 g/mol. The number of allylic oxidation sites excluding steroid dienone is 3. The van der Waals surface area contributed by atoms with E-state index in [0.29, 0.717) is 18.8 Å². The van der Waals surface area contributed by atoms with Gasteiger partial charge in [0, 0.05) is 17.6 Å². The van der Waals surface area contributed by atoms with Crippen LogP contribution >= 0.6 is 0 Å². The van der Waals surface area contributed by atoms with Gasteiger partial charge in [-0.05, 0) is 66.2 Å². The van der Waals surface area contributed by atoms with Gasteiger partial charge in [-0.1, -0.05) is 32.1 Å². The zero-order chi connectivity index (χ0) is 20.2. The van der Waals surface area contributed by atoms with Crippen LogP contribution in [0.15, 0.2) is 47.1 Å². The van der Waals surface area contributed by atoms with E-state index in [1.807, 2.05) is 24.3 Å². The van der Waals surface area contributed by atoms with E-state index in [1.54, 1.807) is 7.11 Å². The second kappa shape index (κ2) is 6.82. The molecular formula is C25H30O4. The summed E-state index contributed by atoms with van der Waals surface area (Å²) >= 11 is 0. The Morgan fingerprint density at radius 3 is 2.55 bits per heavy atom. The Kier molecular flexibility index (Phi) is 4.48. The maximum absolute atomic E-state index is 12.6. The second-order valence-corrected chi connectivity index (χ2v) is 9.62. The van der Waals surface area contributed by atoms with Crippen LogP contribution < -0.4 is 4.74 Å². The van der Waals surface area contributed by atoms with Crippen molar-refractivity contribution >= 4 is 5.78 Å². The molecular weight excluding hydrogens is 364 g/mol. The molecule has 4 heteroatoms. The molecule has 1 unspecified atom stereocenters. The molecule has 4 atom stereocenters. The molecule has 4 nitrogen and oxygen atoms in total. The molecule has 5 rings (SSSR count). The Bertz CT molecular complexity index is 896. The van der Waals surface area contributed by atoms with Crippen LogP contribution in [0.5, 0.6) is 5.75 Å². The molecule has 0 N–H and O–H groups in total. The molecule has 4 aliphatic rings. The normalized spacial score (nSPS) is 36.7. The number of benzene rings is 1. The summed E-state index contributed by atoms with van der Waals surface area (Å²) in [5, 5.41) is 0. The fourth-order valence-electron chi connectivity index (χ4n) is 5.66. The third-order valence-electron chi connectivity index (χ3n) is 7.78. The van der Waals surface area contributed by atoms with Crippen LogP contribution in [0.2, 0.25) is 0 Å². The minimum atomic E-state index is -0.351. The number of hydrogen-bond acceptors (Lipinski definition) is 4. The number of ketones is 1. The lowest BCUT2D eigenvalue weighted by molar-refractivity contribution is -0.197. The highest BCUT2D eigenvalue weighted by molar-refractivity contribution is 5.99. The first-order chi connectivity index (χ1) is 13.9. The molecule has 1 heterocycles. The number of rotatable bonds is 2. The van der Waals surface area contributed by atoms with Crippen LogP contribution in [0, 0.1) is 10.8 Å². The van der Waals surface area contributed by atoms with Gasteiger partial charge in [0.25, 0.3) is 0 Å². The quantitative estimate of drug-likeness (QED) is 0.683.